The van der Waals surface area contributed by atoms with Gasteiger partial charge in [0, 0.05) is 23.4 Å². The molecule has 0 aliphatic rings. The molecule has 0 spiro atoms. The van der Waals surface area contributed by atoms with E-state index in [-0.39, 0.29) is 0 Å². The first kappa shape index (κ1) is 15.1. The minimum absolute atomic E-state index is 1.02. The van der Waals surface area contributed by atoms with E-state index in [1.807, 2.05) is 26.0 Å². The summed E-state index contributed by atoms with van der Waals surface area (Å²) in [5, 5.41) is 3.48. The Kier molecular flexibility index (Phi) is 7.20. The molecule has 1 nitrogen and oxygen atoms in total. The summed E-state index contributed by atoms with van der Waals surface area (Å²) in [7, 11) is 0. The second-order valence-corrected chi connectivity index (χ2v) is 4.03. The summed E-state index contributed by atoms with van der Waals surface area (Å²) in [6.07, 6.45) is 2.40. The first-order valence-electron chi connectivity index (χ1n) is 7.13. The summed E-state index contributed by atoms with van der Waals surface area (Å²) in [5.41, 5.74) is 3.46. The third-order valence-electron chi connectivity index (χ3n) is 2.71. The lowest BCUT2D eigenvalue weighted by Crippen LogP contribution is -2.01. The van der Waals surface area contributed by atoms with Crippen LogP contribution < -0.4 is 5.32 Å². The lowest BCUT2D eigenvalue weighted by molar-refractivity contribution is 0.834. The fourth-order valence-corrected chi connectivity index (χ4v) is 1.78. The van der Waals surface area contributed by atoms with Crippen molar-refractivity contribution >= 4 is 5.69 Å². The third-order valence-corrected chi connectivity index (χ3v) is 2.71. The van der Waals surface area contributed by atoms with Crippen molar-refractivity contribution in [3.05, 3.63) is 54.6 Å². The van der Waals surface area contributed by atoms with E-state index in [1.165, 1.54) is 24.1 Å². The van der Waals surface area contributed by atoms with Crippen molar-refractivity contribution in [3.63, 3.8) is 0 Å². The molecule has 0 bridgehead atoms. The predicted molar refractivity (Wildman–Crippen MR) is 84.3 cm³/mol. The molecule has 0 atom stereocenters. The molecule has 0 saturated carbocycles. The van der Waals surface area contributed by atoms with Crippen LogP contribution in [0.15, 0.2) is 42.5 Å². The maximum absolute atomic E-state index is 3.48. The first-order valence-corrected chi connectivity index (χ1v) is 7.13. The average molecular weight is 253 g/mol. The highest BCUT2D eigenvalue weighted by Gasteiger charge is 2.02. The van der Waals surface area contributed by atoms with Crippen molar-refractivity contribution < 1.29 is 0 Å². The molecule has 1 heteroatoms. The van der Waals surface area contributed by atoms with Gasteiger partial charge in [0.2, 0.25) is 0 Å². The lowest BCUT2D eigenvalue weighted by atomic mass is 10.1. The summed E-state index contributed by atoms with van der Waals surface area (Å²) in [6, 6.07) is 20.4. The van der Waals surface area contributed by atoms with Gasteiger partial charge in [0.25, 0.3) is 0 Å². The molecule has 0 unspecified atom stereocenters. The highest BCUT2D eigenvalue weighted by molar-refractivity contribution is 5.76. The second kappa shape index (κ2) is 9.05. The molecule has 0 aliphatic heterocycles. The van der Waals surface area contributed by atoms with Crippen molar-refractivity contribution in [2.45, 2.75) is 33.6 Å². The van der Waals surface area contributed by atoms with E-state index >= 15 is 0 Å². The number of anilines is 1. The average Bonchev–Trinajstić information content (AvgIpc) is 2.51. The highest BCUT2D eigenvalue weighted by Crippen LogP contribution is 2.26. The van der Waals surface area contributed by atoms with Gasteiger partial charge in [0.1, 0.15) is 0 Å². The number of benzene rings is 1. The van der Waals surface area contributed by atoms with Gasteiger partial charge in [-0.25, -0.2) is 0 Å². The monoisotopic (exact) mass is 253 g/mol. The summed E-state index contributed by atoms with van der Waals surface area (Å²) in [5.74, 6) is 0. The van der Waals surface area contributed by atoms with Gasteiger partial charge in [-0.15, -0.1) is 0 Å². The van der Waals surface area contributed by atoms with E-state index in [4.69, 9.17) is 0 Å². The molecule has 2 aromatic rings. The van der Waals surface area contributed by atoms with Crippen LogP contribution in [0, 0.1) is 12.1 Å². The van der Waals surface area contributed by atoms with Crippen molar-refractivity contribution in [1.29, 1.82) is 0 Å². The summed E-state index contributed by atoms with van der Waals surface area (Å²) >= 11 is 0. The van der Waals surface area contributed by atoms with Crippen LogP contribution in [0.1, 0.15) is 33.6 Å². The molecular weight excluding hydrogens is 230 g/mol. The predicted octanol–water partition coefficient (Wildman–Crippen LogP) is 5.19. The van der Waals surface area contributed by atoms with Crippen LogP contribution in [0.25, 0.3) is 11.1 Å². The minimum Gasteiger partial charge on any atom is -0.385 e. The molecular formula is C18H23N. The topological polar surface area (TPSA) is 12.0 Å². The Hall–Kier alpha value is -1.94. The quantitative estimate of drug-likeness (QED) is 0.723. The van der Waals surface area contributed by atoms with E-state index in [1.54, 1.807) is 0 Å². The zero-order chi connectivity index (χ0) is 13.9. The molecule has 0 saturated heterocycles. The lowest BCUT2D eigenvalue weighted by Gasteiger charge is -2.10. The summed E-state index contributed by atoms with van der Waals surface area (Å²) in [6.45, 7) is 7.22. The Morgan fingerprint density at radius 1 is 1.05 bits per heavy atom. The van der Waals surface area contributed by atoms with Gasteiger partial charge in [-0.2, -0.15) is 0 Å². The second-order valence-electron chi connectivity index (χ2n) is 4.03. The van der Waals surface area contributed by atoms with Crippen LogP contribution in [0.2, 0.25) is 0 Å². The Labute approximate surface area is 117 Å². The molecule has 0 fully saturated rings. The molecule has 100 valence electrons. The fraction of sp³-hybridized carbons (Fsp3) is 0.333. The molecule has 1 N–H and O–H groups in total. The smallest absolute Gasteiger partial charge is 0.0426 e. The standard InChI is InChI=1S/C16H17N.C2H6/c1-2-3-13-17-16-12-8-7-11-15(16)14-9-5-4-6-10-14;1-2/h4-5,7-9,11-12,17H,2-3,13H2,1H3;1-2H3. The van der Waals surface area contributed by atoms with E-state index in [2.05, 4.69) is 54.7 Å². The Morgan fingerprint density at radius 2 is 1.84 bits per heavy atom. The highest BCUT2D eigenvalue weighted by atomic mass is 14.9. The summed E-state index contributed by atoms with van der Waals surface area (Å²) in [4.78, 5) is 0. The summed E-state index contributed by atoms with van der Waals surface area (Å²) < 4.78 is 0. The normalized spacial score (nSPS) is 9.00. The largest absolute Gasteiger partial charge is 0.385 e. The van der Waals surface area contributed by atoms with Crippen molar-refractivity contribution in [2.24, 2.45) is 0 Å². The first-order chi connectivity index (χ1) is 9.42. The van der Waals surface area contributed by atoms with Crippen LogP contribution in [-0.2, 0) is 0 Å². The minimum atomic E-state index is 1.02. The number of hydrogen-bond donors (Lipinski definition) is 1. The van der Waals surface area contributed by atoms with Crippen molar-refractivity contribution in [1.82, 2.24) is 0 Å². The number of hydrogen-bond acceptors (Lipinski definition) is 1. The number of nitrogens with one attached hydrogen (secondary N) is 1. The molecule has 0 aromatic heterocycles. The molecule has 2 rings (SSSR count). The van der Waals surface area contributed by atoms with E-state index < -0.39 is 0 Å². The van der Waals surface area contributed by atoms with Crippen molar-refractivity contribution in [3.8, 4) is 11.1 Å². The van der Waals surface area contributed by atoms with Crippen LogP contribution in [-0.4, -0.2) is 6.54 Å². The number of para-hydroxylation sites is 1. The van der Waals surface area contributed by atoms with E-state index in [9.17, 15) is 0 Å². The van der Waals surface area contributed by atoms with Crippen LogP contribution >= 0.6 is 0 Å². The Morgan fingerprint density at radius 3 is 2.53 bits per heavy atom. The zero-order valence-corrected chi connectivity index (χ0v) is 12.2. The molecule has 0 aliphatic carbocycles. The van der Waals surface area contributed by atoms with Gasteiger partial charge in [-0.05, 0) is 24.6 Å². The molecule has 19 heavy (non-hydrogen) atoms. The van der Waals surface area contributed by atoms with Crippen LogP contribution in [0.4, 0.5) is 5.69 Å². The van der Waals surface area contributed by atoms with Gasteiger partial charge in [-0.3, -0.25) is 0 Å². The maximum atomic E-state index is 3.48. The number of rotatable bonds is 5. The fourth-order valence-electron chi connectivity index (χ4n) is 1.78. The van der Waals surface area contributed by atoms with Gasteiger partial charge in [0.05, 0.1) is 0 Å². The Bertz CT molecular complexity index is 448. The molecule has 0 amide bonds. The van der Waals surface area contributed by atoms with E-state index in [0.717, 1.165) is 12.1 Å². The van der Waals surface area contributed by atoms with Gasteiger partial charge >= 0.3 is 0 Å². The van der Waals surface area contributed by atoms with Crippen LogP contribution in [0.3, 0.4) is 0 Å². The van der Waals surface area contributed by atoms with E-state index in [0.29, 0.717) is 0 Å². The third kappa shape index (κ3) is 4.67. The molecule has 2 aromatic carbocycles. The van der Waals surface area contributed by atoms with Gasteiger partial charge < -0.3 is 5.32 Å². The van der Waals surface area contributed by atoms with Gasteiger partial charge in [0.15, 0.2) is 0 Å². The number of unbranched alkanes of at least 4 members (excludes halogenated alkanes) is 1. The Balaban J connectivity index is 0.000000861. The van der Waals surface area contributed by atoms with Crippen molar-refractivity contribution in [2.75, 3.05) is 11.9 Å². The molecule has 0 heterocycles. The molecule has 0 radical (unpaired) electrons. The van der Waals surface area contributed by atoms with Crippen LogP contribution in [0.5, 0.6) is 0 Å². The zero-order valence-electron chi connectivity index (χ0n) is 12.2. The SMILES string of the molecule is CC.CCCCNc1ccccc1-c1c#cccc1. The maximum Gasteiger partial charge on any atom is 0.0426 e. The van der Waals surface area contributed by atoms with Gasteiger partial charge in [-0.1, -0.05) is 63.6 Å².